The van der Waals surface area contributed by atoms with Crippen molar-refractivity contribution in [2.45, 2.75) is 83.9 Å². The van der Waals surface area contributed by atoms with Crippen molar-refractivity contribution in [3.05, 3.63) is 11.6 Å². The number of fused-ring (bicyclic) bond motifs is 1. The number of nitrogens with zero attached hydrogens (tertiary/aromatic N) is 3. The molecule has 0 fully saturated rings. The van der Waals surface area contributed by atoms with Crippen LogP contribution < -0.4 is 10.6 Å². The van der Waals surface area contributed by atoms with Crippen molar-refractivity contribution in [3.8, 4) is 0 Å². The normalized spacial score (nSPS) is 14.8. The van der Waals surface area contributed by atoms with Gasteiger partial charge in [0.25, 0.3) is 0 Å². The number of aliphatic hydroxyl groups is 1. The van der Waals surface area contributed by atoms with E-state index in [9.17, 15) is 9.90 Å². The molecule has 1 aliphatic heterocycles. The first-order valence-corrected chi connectivity index (χ1v) is 9.23. The van der Waals surface area contributed by atoms with Crippen LogP contribution in [0.15, 0.2) is 0 Å². The van der Waals surface area contributed by atoms with Gasteiger partial charge in [0.2, 0.25) is 0 Å². The summed E-state index contributed by atoms with van der Waals surface area (Å²) in [7, 11) is 0. The third-order valence-corrected chi connectivity index (χ3v) is 4.60. The van der Waals surface area contributed by atoms with E-state index in [1.165, 1.54) is 6.42 Å². The summed E-state index contributed by atoms with van der Waals surface area (Å²) in [5.41, 5.74) is -0.813. The van der Waals surface area contributed by atoms with Gasteiger partial charge in [-0.2, -0.15) is 0 Å². The molecule has 2 amide bonds. The summed E-state index contributed by atoms with van der Waals surface area (Å²) < 4.78 is 2.12. The van der Waals surface area contributed by atoms with E-state index in [2.05, 4.69) is 25.4 Å². The third kappa shape index (κ3) is 5.19. The van der Waals surface area contributed by atoms with Gasteiger partial charge in [0, 0.05) is 19.5 Å². The lowest BCUT2D eigenvalue weighted by atomic mass is 9.93. The van der Waals surface area contributed by atoms with E-state index >= 15 is 0 Å². The first kappa shape index (κ1) is 18.7. The predicted molar refractivity (Wildman–Crippen MR) is 92.6 cm³/mol. The molecule has 24 heavy (non-hydrogen) atoms. The molecule has 0 radical (unpaired) electrons. The van der Waals surface area contributed by atoms with Gasteiger partial charge in [-0.15, -0.1) is 10.2 Å². The fourth-order valence-corrected chi connectivity index (χ4v) is 3.38. The molecule has 136 valence electrons. The molecule has 7 nitrogen and oxygen atoms in total. The molecule has 1 aliphatic rings. The Morgan fingerprint density at radius 1 is 1.17 bits per heavy atom. The molecule has 7 heteroatoms. The predicted octanol–water partition coefficient (Wildman–Crippen LogP) is 2.13. The van der Waals surface area contributed by atoms with E-state index in [-0.39, 0.29) is 12.6 Å². The van der Waals surface area contributed by atoms with Gasteiger partial charge < -0.3 is 20.3 Å². The van der Waals surface area contributed by atoms with Crippen molar-refractivity contribution in [3.63, 3.8) is 0 Å². The minimum atomic E-state index is -0.813. The second-order valence-corrected chi connectivity index (χ2v) is 6.76. The number of urea groups is 1. The van der Waals surface area contributed by atoms with E-state index in [1.54, 1.807) is 0 Å². The molecule has 0 saturated carbocycles. The van der Waals surface area contributed by atoms with E-state index < -0.39 is 5.60 Å². The Morgan fingerprint density at radius 2 is 1.92 bits per heavy atom. The molecule has 0 atom stereocenters. The molecule has 0 bridgehead atoms. The van der Waals surface area contributed by atoms with Crippen molar-refractivity contribution in [1.82, 2.24) is 25.4 Å². The molecule has 0 saturated heterocycles. The number of carbonyl (C=O) groups is 1. The molecule has 0 unspecified atom stereocenters. The van der Waals surface area contributed by atoms with Gasteiger partial charge in [-0.3, -0.25) is 0 Å². The van der Waals surface area contributed by atoms with Crippen LogP contribution in [0.1, 0.15) is 70.4 Å². The fourth-order valence-electron chi connectivity index (χ4n) is 3.38. The van der Waals surface area contributed by atoms with Crippen molar-refractivity contribution in [2.24, 2.45) is 0 Å². The Bertz CT molecular complexity index is 523. The van der Waals surface area contributed by atoms with Gasteiger partial charge in [-0.1, -0.05) is 33.1 Å². The van der Waals surface area contributed by atoms with Crippen LogP contribution in [0.2, 0.25) is 0 Å². The fraction of sp³-hybridized carbons (Fsp3) is 0.824. The van der Waals surface area contributed by atoms with E-state index in [1.807, 2.05) is 13.8 Å². The smallest absolute Gasteiger partial charge is 0.315 e. The van der Waals surface area contributed by atoms with Crippen molar-refractivity contribution in [2.75, 3.05) is 6.54 Å². The Balaban J connectivity index is 1.82. The molecule has 0 aromatic carbocycles. The zero-order chi connectivity index (χ0) is 17.4. The lowest BCUT2D eigenvalue weighted by Crippen LogP contribution is -2.46. The highest BCUT2D eigenvalue weighted by atomic mass is 16.3. The lowest BCUT2D eigenvalue weighted by Gasteiger charge is -2.27. The molecule has 1 aromatic heterocycles. The minimum absolute atomic E-state index is 0.272. The Hall–Kier alpha value is -1.63. The number of hydrogen-bond donors (Lipinski definition) is 3. The number of aryl methyl sites for hydroxylation is 1. The summed E-state index contributed by atoms with van der Waals surface area (Å²) in [5.74, 6) is 1.82. The molecule has 2 heterocycles. The molecular formula is C17H31N5O2. The number of hydrogen-bond acceptors (Lipinski definition) is 4. The van der Waals surface area contributed by atoms with Gasteiger partial charge in [0.15, 0.2) is 5.82 Å². The number of rotatable bonds is 8. The Kier molecular flexibility index (Phi) is 7.02. The van der Waals surface area contributed by atoms with Crippen LogP contribution in [0.4, 0.5) is 4.79 Å². The lowest BCUT2D eigenvalue weighted by molar-refractivity contribution is 0.0241. The van der Waals surface area contributed by atoms with Crippen LogP contribution >= 0.6 is 0 Å². The number of nitrogens with one attached hydrogen (secondary N) is 2. The standard InChI is InChI=1S/C17H31N5O2/c1-3-9-17(24,10-4-2)13-19-16(23)18-12-15-21-20-14-8-6-5-7-11-22(14)15/h24H,3-13H2,1-2H3,(H2,18,19,23). The molecule has 1 aromatic rings. The highest BCUT2D eigenvalue weighted by Gasteiger charge is 2.25. The molecule has 3 N–H and O–H groups in total. The monoisotopic (exact) mass is 337 g/mol. The third-order valence-electron chi connectivity index (χ3n) is 4.60. The van der Waals surface area contributed by atoms with E-state index in [0.717, 1.165) is 50.3 Å². The Morgan fingerprint density at radius 3 is 2.62 bits per heavy atom. The first-order valence-electron chi connectivity index (χ1n) is 9.23. The van der Waals surface area contributed by atoms with Gasteiger partial charge >= 0.3 is 6.03 Å². The van der Waals surface area contributed by atoms with Gasteiger partial charge in [0.1, 0.15) is 5.82 Å². The Labute approximate surface area is 144 Å². The van der Waals surface area contributed by atoms with Crippen LogP contribution in [-0.4, -0.2) is 38.0 Å². The van der Waals surface area contributed by atoms with E-state index in [0.29, 0.717) is 19.4 Å². The number of aromatic nitrogens is 3. The van der Waals surface area contributed by atoms with Crippen LogP contribution in [0.3, 0.4) is 0 Å². The largest absolute Gasteiger partial charge is 0.388 e. The highest BCUT2D eigenvalue weighted by molar-refractivity contribution is 5.73. The minimum Gasteiger partial charge on any atom is -0.388 e. The van der Waals surface area contributed by atoms with Crippen LogP contribution in [0, 0.1) is 0 Å². The van der Waals surface area contributed by atoms with Gasteiger partial charge in [-0.25, -0.2) is 4.79 Å². The van der Waals surface area contributed by atoms with Crippen LogP contribution in [0.25, 0.3) is 0 Å². The maximum absolute atomic E-state index is 12.0. The SMILES string of the molecule is CCCC(O)(CCC)CNC(=O)NCc1nnc2n1CCCCC2. The van der Waals surface area contributed by atoms with Crippen molar-refractivity contribution >= 4 is 6.03 Å². The summed E-state index contributed by atoms with van der Waals surface area (Å²) in [6, 6.07) is -0.272. The van der Waals surface area contributed by atoms with Crippen molar-refractivity contribution in [1.29, 1.82) is 0 Å². The molecule has 2 rings (SSSR count). The zero-order valence-corrected chi connectivity index (χ0v) is 15.0. The second-order valence-electron chi connectivity index (χ2n) is 6.76. The summed E-state index contributed by atoms with van der Waals surface area (Å²) in [5, 5.41) is 24.6. The average Bonchev–Trinajstić information content (AvgIpc) is 2.78. The van der Waals surface area contributed by atoms with E-state index in [4.69, 9.17) is 0 Å². The summed E-state index contributed by atoms with van der Waals surface area (Å²) in [6.45, 7) is 5.64. The topological polar surface area (TPSA) is 92.1 Å². The summed E-state index contributed by atoms with van der Waals surface area (Å²) >= 11 is 0. The van der Waals surface area contributed by atoms with Crippen LogP contribution in [-0.2, 0) is 19.5 Å². The number of amides is 2. The maximum atomic E-state index is 12.0. The highest BCUT2D eigenvalue weighted by Crippen LogP contribution is 2.18. The first-order chi connectivity index (χ1) is 11.6. The summed E-state index contributed by atoms with van der Waals surface area (Å²) in [6.07, 6.45) is 7.63. The quantitative estimate of drug-likeness (QED) is 0.677. The average molecular weight is 337 g/mol. The molecule has 0 aliphatic carbocycles. The molecular weight excluding hydrogens is 306 g/mol. The molecule has 0 spiro atoms. The maximum Gasteiger partial charge on any atom is 0.315 e. The summed E-state index contributed by atoms with van der Waals surface area (Å²) in [4.78, 5) is 12.0. The zero-order valence-electron chi connectivity index (χ0n) is 15.0. The second kappa shape index (κ2) is 9.01. The van der Waals surface area contributed by atoms with Crippen LogP contribution in [0.5, 0.6) is 0 Å². The van der Waals surface area contributed by atoms with Crippen molar-refractivity contribution < 1.29 is 9.90 Å². The van der Waals surface area contributed by atoms with Gasteiger partial charge in [-0.05, 0) is 25.7 Å². The van der Waals surface area contributed by atoms with Gasteiger partial charge in [0.05, 0.1) is 12.1 Å². The number of carbonyl (C=O) groups excluding carboxylic acids is 1.